The Hall–Kier alpha value is -8.41. The van der Waals surface area contributed by atoms with Crippen LogP contribution in [0.3, 0.4) is 0 Å². The van der Waals surface area contributed by atoms with E-state index in [1.165, 1.54) is 48.6 Å². The summed E-state index contributed by atoms with van der Waals surface area (Å²) in [4.78, 5) is 15.6. The van der Waals surface area contributed by atoms with Crippen molar-refractivity contribution in [3.63, 3.8) is 0 Å². The molecule has 0 unspecified atom stereocenters. The zero-order valence-corrected chi connectivity index (χ0v) is 33.4. The zero-order chi connectivity index (χ0) is 40.7. The number of rotatable bonds is 5. The Bertz CT molecular complexity index is 3890. The third kappa shape index (κ3) is 5.18. The van der Waals surface area contributed by atoms with Gasteiger partial charge in [0.1, 0.15) is 5.82 Å². The second kappa shape index (κ2) is 13.6. The monoisotopic (exact) mass is 789 g/mol. The lowest BCUT2D eigenvalue weighted by molar-refractivity contribution is 1.08. The highest BCUT2D eigenvalue weighted by atomic mass is 15.1. The molecule has 5 heteroatoms. The first-order valence-corrected chi connectivity index (χ1v) is 21.0. The number of hydrogen-bond donors (Lipinski definition) is 0. The van der Waals surface area contributed by atoms with Crippen molar-refractivity contribution in [2.24, 2.45) is 0 Å². The molecule has 62 heavy (non-hydrogen) atoms. The smallest absolute Gasteiger partial charge is 0.137 e. The van der Waals surface area contributed by atoms with Gasteiger partial charge in [-0.3, -0.25) is 4.57 Å². The van der Waals surface area contributed by atoms with Gasteiger partial charge in [-0.25, -0.2) is 15.0 Å². The van der Waals surface area contributed by atoms with Crippen LogP contribution in [-0.4, -0.2) is 24.1 Å². The zero-order valence-electron chi connectivity index (χ0n) is 33.4. The maximum Gasteiger partial charge on any atom is 0.137 e. The maximum atomic E-state index is 5.25. The van der Waals surface area contributed by atoms with Gasteiger partial charge >= 0.3 is 0 Å². The summed E-state index contributed by atoms with van der Waals surface area (Å²) in [6, 6.07) is 73.2. The molecule has 0 N–H and O–H groups in total. The van der Waals surface area contributed by atoms with Crippen LogP contribution >= 0.6 is 0 Å². The van der Waals surface area contributed by atoms with Gasteiger partial charge in [-0.05, 0) is 76.3 Å². The van der Waals surface area contributed by atoms with Crippen molar-refractivity contribution < 1.29 is 0 Å². The van der Waals surface area contributed by atoms with Gasteiger partial charge in [0.2, 0.25) is 0 Å². The fraction of sp³-hybridized carbons (Fsp3) is 0. The van der Waals surface area contributed by atoms with Crippen LogP contribution in [0.2, 0.25) is 0 Å². The molecule has 9 aromatic carbocycles. The molecule has 0 fully saturated rings. The molecule has 0 aliphatic rings. The van der Waals surface area contributed by atoms with E-state index in [2.05, 4.69) is 179 Å². The second-order valence-electron chi connectivity index (χ2n) is 16.0. The van der Waals surface area contributed by atoms with Crippen LogP contribution in [0.25, 0.3) is 121 Å². The molecule has 0 atom stereocenters. The van der Waals surface area contributed by atoms with E-state index in [0.717, 1.165) is 72.7 Å². The third-order valence-corrected chi connectivity index (χ3v) is 12.5. The van der Waals surface area contributed by atoms with Crippen LogP contribution in [-0.2, 0) is 0 Å². The molecule has 4 heterocycles. The lowest BCUT2D eigenvalue weighted by atomic mass is 9.96. The van der Waals surface area contributed by atoms with Crippen LogP contribution in [0.15, 0.2) is 212 Å². The normalized spacial score (nSPS) is 11.9. The van der Waals surface area contributed by atoms with Crippen LogP contribution in [0, 0.1) is 0 Å². The minimum atomic E-state index is 0.839. The second-order valence-corrected chi connectivity index (χ2v) is 16.0. The number of hydrogen-bond acceptors (Lipinski definition) is 3. The van der Waals surface area contributed by atoms with Crippen molar-refractivity contribution in [2.45, 2.75) is 0 Å². The van der Waals surface area contributed by atoms with Gasteiger partial charge in [0.05, 0.1) is 44.5 Å². The summed E-state index contributed by atoms with van der Waals surface area (Å²) in [7, 11) is 0. The van der Waals surface area contributed by atoms with Crippen molar-refractivity contribution in [1.29, 1.82) is 0 Å². The van der Waals surface area contributed by atoms with Gasteiger partial charge in [-0.15, -0.1) is 0 Å². The molecule has 0 saturated heterocycles. The highest BCUT2D eigenvalue weighted by Crippen LogP contribution is 2.45. The quantitative estimate of drug-likeness (QED) is 0.163. The van der Waals surface area contributed by atoms with Crippen LogP contribution in [0.4, 0.5) is 0 Å². The number of benzene rings is 9. The topological polar surface area (TPSA) is 48.5 Å². The molecule has 4 aromatic heterocycles. The Morgan fingerprint density at radius 1 is 0.323 bits per heavy atom. The Balaban J connectivity index is 1.01. The number of nitrogens with zero attached hydrogens (tertiary/aromatic N) is 5. The highest BCUT2D eigenvalue weighted by Gasteiger charge is 2.22. The number of fused-ring (bicyclic) bond motifs is 12. The summed E-state index contributed by atoms with van der Waals surface area (Å²) in [6.07, 6.45) is 1.98. The van der Waals surface area contributed by atoms with Crippen LogP contribution in [0.5, 0.6) is 0 Å². The van der Waals surface area contributed by atoms with Gasteiger partial charge in [0, 0.05) is 55.5 Å². The summed E-state index contributed by atoms with van der Waals surface area (Å²) in [5.74, 6) is 0.858. The third-order valence-electron chi connectivity index (χ3n) is 12.5. The molecule has 0 bridgehead atoms. The van der Waals surface area contributed by atoms with Crippen LogP contribution in [0.1, 0.15) is 0 Å². The number of aromatic nitrogens is 5. The van der Waals surface area contributed by atoms with Crippen molar-refractivity contribution in [1.82, 2.24) is 24.1 Å². The van der Waals surface area contributed by atoms with E-state index >= 15 is 0 Å². The minimum Gasteiger partial charge on any atom is -0.309 e. The van der Waals surface area contributed by atoms with E-state index in [4.69, 9.17) is 15.0 Å². The molecule has 288 valence electrons. The average Bonchev–Trinajstić information content (AvgIpc) is 3.86. The van der Waals surface area contributed by atoms with Gasteiger partial charge < -0.3 is 4.57 Å². The van der Waals surface area contributed by atoms with Crippen LogP contribution < -0.4 is 0 Å². The molecular weight excluding hydrogens is 755 g/mol. The molecule has 13 rings (SSSR count). The first-order chi connectivity index (χ1) is 30.8. The fourth-order valence-electron chi connectivity index (χ4n) is 9.75. The van der Waals surface area contributed by atoms with Gasteiger partial charge in [-0.1, -0.05) is 152 Å². The molecule has 0 amide bonds. The van der Waals surface area contributed by atoms with E-state index in [9.17, 15) is 0 Å². The first kappa shape index (κ1) is 34.5. The summed E-state index contributed by atoms with van der Waals surface area (Å²) in [5.41, 5.74) is 13.3. The summed E-state index contributed by atoms with van der Waals surface area (Å²) >= 11 is 0. The molecule has 0 aliphatic heterocycles. The van der Waals surface area contributed by atoms with Crippen molar-refractivity contribution in [3.05, 3.63) is 212 Å². The van der Waals surface area contributed by atoms with Gasteiger partial charge in [0.25, 0.3) is 0 Å². The first-order valence-electron chi connectivity index (χ1n) is 21.0. The predicted octanol–water partition coefficient (Wildman–Crippen LogP) is 14.5. The SMILES string of the molecule is c1ccc(-c2nc3ccc(-c4ccc(-n5c6ccccc6c6cc7c8c9ccccc9c9ccccc9c8n(-c8ccccc8)c7cc65)nc4)cc3nc2-c2ccccc2)cc1. The molecule has 0 aliphatic carbocycles. The summed E-state index contributed by atoms with van der Waals surface area (Å²) < 4.78 is 4.78. The summed E-state index contributed by atoms with van der Waals surface area (Å²) in [5, 5.41) is 9.91. The molecule has 0 saturated carbocycles. The van der Waals surface area contributed by atoms with E-state index in [0.29, 0.717) is 0 Å². The number of pyridine rings is 1. The van der Waals surface area contributed by atoms with Crippen molar-refractivity contribution >= 4 is 76.2 Å². The molecule has 5 nitrogen and oxygen atoms in total. The van der Waals surface area contributed by atoms with Crippen molar-refractivity contribution in [2.75, 3.05) is 0 Å². The standard InChI is InChI=1S/C57H35N5/c1-4-16-36(17-5-1)55-56(37-18-6-2-7-19-37)60-49-32-38(28-30-48(49)59-55)39-29-31-53(58-35-39)62-50-27-15-14-24-43(50)46-33-47-52(34-51(46)62)61(40-20-8-3-9-21-40)57-45-26-13-11-23-42(45)41-22-10-12-25-44(41)54(47)57/h1-35H. The van der Waals surface area contributed by atoms with E-state index in [1.807, 2.05) is 42.6 Å². The van der Waals surface area contributed by atoms with E-state index < -0.39 is 0 Å². The largest absolute Gasteiger partial charge is 0.309 e. The van der Waals surface area contributed by atoms with Crippen molar-refractivity contribution in [3.8, 4) is 45.1 Å². The van der Waals surface area contributed by atoms with Gasteiger partial charge in [0.15, 0.2) is 0 Å². The molecule has 0 radical (unpaired) electrons. The minimum absolute atomic E-state index is 0.839. The maximum absolute atomic E-state index is 5.25. The Kier molecular flexibility index (Phi) is 7.54. The number of para-hydroxylation sites is 2. The lowest BCUT2D eigenvalue weighted by Crippen LogP contribution is -1.98. The highest BCUT2D eigenvalue weighted by molar-refractivity contribution is 6.33. The molecule has 13 aromatic rings. The summed E-state index contributed by atoms with van der Waals surface area (Å²) in [6.45, 7) is 0. The van der Waals surface area contributed by atoms with E-state index in [1.54, 1.807) is 0 Å². The fourth-order valence-corrected chi connectivity index (χ4v) is 9.75. The molecular formula is C57H35N5. The Morgan fingerprint density at radius 2 is 0.887 bits per heavy atom. The van der Waals surface area contributed by atoms with E-state index in [-0.39, 0.29) is 0 Å². The Labute approximate surface area is 356 Å². The molecule has 0 spiro atoms. The Morgan fingerprint density at radius 3 is 1.58 bits per heavy atom. The van der Waals surface area contributed by atoms with Gasteiger partial charge in [-0.2, -0.15) is 0 Å². The predicted molar refractivity (Wildman–Crippen MR) is 257 cm³/mol. The lowest BCUT2D eigenvalue weighted by Gasteiger charge is -2.12. The average molecular weight is 790 g/mol.